The molecule has 0 aliphatic carbocycles. The summed E-state index contributed by atoms with van der Waals surface area (Å²) >= 11 is 3.59. The minimum absolute atomic E-state index is 0.176. The third kappa shape index (κ3) is 5.63. The van der Waals surface area contributed by atoms with Gasteiger partial charge < -0.3 is 9.64 Å². The molecule has 3 aromatic rings. The van der Waals surface area contributed by atoms with E-state index in [-0.39, 0.29) is 24.1 Å². The second kappa shape index (κ2) is 11.4. The van der Waals surface area contributed by atoms with Crippen LogP contribution in [0.1, 0.15) is 66.9 Å². The summed E-state index contributed by atoms with van der Waals surface area (Å²) in [7, 11) is 0. The lowest BCUT2D eigenvalue weighted by atomic mass is 9.97. The quantitative estimate of drug-likeness (QED) is 0.283. The number of amides is 1. The molecule has 3 aromatic carbocycles. The van der Waals surface area contributed by atoms with Gasteiger partial charge in [0.05, 0.1) is 0 Å². The first kappa shape index (κ1) is 25.3. The standard InChI is InChI=1S/C31H35NO2S2/c1-21(2)29-6-4-5-7-30(29)34-26-18-24-12-13-25(19-26)32(24)31(33)23-10-8-22(9-11-23)20-36-28-16-14-27(35-3)15-17-28/h4-11,14-17,21,24-26H,12-13,18-20H2,1-3H3. The SMILES string of the molecule is CSc1ccc(SCc2ccc(C(=O)N3C4CCC3CC(Oc3ccccc3C(C)C)C4)cc2)cc1. The Bertz CT molecular complexity index is 1160. The highest BCUT2D eigenvalue weighted by atomic mass is 32.2. The van der Waals surface area contributed by atoms with Crippen LogP contribution in [0.25, 0.3) is 0 Å². The lowest BCUT2D eigenvalue weighted by Gasteiger charge is -2.39. The summed E-state index contributed by atoms with van der Waals surface area (Å²) in [4.78, 5) is 18.2. The van der Waals surface area contributed by atoms with Crippen LogP contribution in [0.4, 0.5) is 0 Å². The molecule has 3 nitrogen and oxygen atoms in total. The summed E-state index contributed by atoms with van der Waals surface area (Å²) in [6.07, 6.45) is 6.26. The van der Waals surface area contributed by atoms with Gasteiger partial charge in [-0.1, -0.05) is 44.2 Å². The van der Waals surface area contributed by atoms with Crippen molar-refractivity contribution in [2.24, 2.45) is 0 Å². The molecule has 2 aliphatic heterocycles. The molecule has 36 heavy (non-hydrogen) atoms. The van der Waals surface area contributed by atoms with Gasteiger partial charge in [-0.15, -0.1) is 23.5 Å². The normalized spacial score (nSPS) is 21.1. The number of hydrogen-bond donors (Lipinski definition) is 0. The molecular weight excluding hydrogens is 482 g/mol. The molecule has 0 spiro atoms. The molecule has 2 aliphatic rings. The van der Waals surface area contributed by atoms with E-state index in [1.807, 2.05) is 23.9 Å². The van der Waals surface area contributed by atoms with E-state index in [4.69, 9.17) is 4.74 Å². The summed E-state index contributed by atoms with van der Waals surface area (Å²) in [5, 5.41) is 0. The van der Waals surface area contributed by atoms with Crippen molar-refractivity contribution in [1.29, 1.82) is 0 Å². The topological polar surface area (TPSA) is 29.5 Å². The largest absolute Gasteiger partial charge is 0.490 e. The Morgan fingerprint density at radius 2 is 1.56 bits per heavy atom. The van der Waals surface area contributed by atoms with Crippen molar-refractivity contribution in [3.05, 3.63) is 89.5 Å². The number of rotatable bonds is 8. The Kier molecular flexibility index (Phi) is 7.97. The zero-order chi connectivity index (χ0) is 25.1. The number of fused-ring (bicyclic) bond motifs is 2. The summed E-state index contributed by atoms with van der Waals surface area (Å²) in [5.74, 6) is 2.52. The number of carbonyl (C=O) groups excluding carboxylic acids is 1. The van der Waals surface area contributed by atoms with Gasteiger partial charge in [-0.2, -0.15) is 0 Å². The second-order valence-electron chi connectivity index (χ2n) is 10.2. The monoisotopic (exact) mass is 517 g/mol. The molecule has 2 fully saturated rings. The molecule has 1 amide bonds. The molecule has 0 N–H and O–H groups in total. The lowest BCUT2D eigenvalue weighted by molar-refractivity contribution is 0.0356. The fourth-order valence-electron chi connectivity index (χ4n) is 5.53. The molecule has 2 unspecified atom stereocenters. The third-order valence-corrected chi connectivity index (χ3v) is 9.25. The van der Waals surface area contributed by atoms with Crippen LogP contribution < -0.4 is 4.74 Å². The molecule has 0 aromatic heterocycles. The Morgan fingerprint density at radius 1 is 0.917 bits per heavy atom. The summed E-state index contributed by atoms with van der Waals surface area (Å²) < 4.78 is 6.51. The van der Waals surface area contributed by atoms with E-state index in [9.17, 15) is 4.79 Å². The molecule has 5 rings (SSSR count). The van der Waals surface area contributed by atoms with Crippen molar-refractivity contribution in [3.8, 4) is 5.75 Å². The maximum Gasteiger partial charge on any atom is 0.254 e. The highest BCUT2D eigenvalue weighted by Crippen LogP contribution is 2.39. The second-order valence-corrected chi connectivity index (χ2v) is 12.1. The molecule has 188 valence electrons. The maximum atomic E-state index is 13.5. The number of nitrogens with zero attached hydrogens (tertiary/aromatic N) is 1. The van der Waals surface area contributed by atoms with Crippen LogP contribution in [0.2, 0.25) is 0 Å². The van der Waals surface area contributed by atoms with Crippen LogP contribution >= 0.6 is 23.5 Å². The van der Waals surface area contributed by atoms with E-state index >= 15 is 0 Å². The van der Waals surface area contributed by atoms with Gasteiger partial charge in [0, 0.05) is 46.0 Å². The average molecular weight is 518 g/mol. The van der Waals surface area contributed by atoms with Crippen LogP contribution in [0.3, 0.4) is 0 Å². The Hall–Kier alpha value is -2.37. The smallest absolute Gasteiger partial charge is 0.254 e. The first-order valence-corrected chi connectivity index (χ1v) is 15.2. The minimum Gasteiger partial charge on any atom is -0.490 e. The first-order valence-electron chi connectivity index (χ1n) is 13.0. The van der Waals surface area contributed by atoms with E-state index in [1.54, 1.807) is 11.8 Å². The summed E-state index contributed by atoms with van der Waals surface area (Å²) in [5.41, 5.74) is 3.30. The molecule has 5 heteroatoms. The molecule has 0 radical (unpaired) electrons. The van der Waals surface area contributed by atoms with Gasteiger partial charge in [0.15, 0.2) is 0 Å². The van der Waals surface area contributed by atoms with Gasteiger partial charge in [-0.25, -0.2) is 0 Å². The number of thioether (sulfide) groups is 2. The molecule has 2 saturated heterocycles. The summed E-state index contributed by atoms with van der Waals surface area (Å²) in [6, 6.07) is 25.9. The number of hydrogen-bond acceptors (Lipinski definition) is 4. The maximum absolute atomic E-state index is 13.5. The van der Waals surface area contributed by atoms with Crippen molar-refractivity contribution < 1.29 is 9.53 Å². The van der Waals surface area contributed by atoms with Crippen molar-refractivity contribution in [2.45, 2.75) is 79.2 Å². The van der Waals surface area contributed by atoms with Gasteiger partial charge in [0.2, 0.25) is 0 Å². The average Bonchev–Trinajstić information content (AvgIpc) is 3.17. The van der Waals surface area contributed by atoms with Gasteiger partial charge in [-0.05, 0) is 78.6 Å². The Labute approximate surface area is 224 Å². The molecule has 2 heterocycles. The Balaban J connectivity index is 1.19. The predicted octanol–water partition coefficient (Wildman–Crippen LogP) is 8.04. The minimum atomic E-state index is 0.176. The predicted molar refractivity (Wildman–Crippen MR) is 151 cm³/mol. The fraction of sp³-hybridized carbons (Fsp3) is 0.387. The number of carbonyl (C=O) groups is 1. The van der Waals surface area contributed by atoms with Crippen molar-refractivity contribution in [2.75, 3.05) is 6.26 Å². The van der Waals surface area contributed by atoms with E-state index in [2.05, 4.69) is 85.7 Å². The van der Waals surface area contributed by atoms with Gasteiger partial charge in [0.25, 0.3) is 5.91 Å². The number of para-hydroxylation sites is 1. The van der Waals surface area contributed by atoms with Crippen molar-refractivity contribution in [1.82, 2.24) is 4.90 Å². The molecule has 2 bridgehead atoms. The van der Waals surface area contributed by atoms with Gasteiger partial charge >= 0.3 is 0 Å². The highest BCUT2D eigenvalue weighted by Gasteiger charge is 2.44. The van der Waals surface area contributed by atoms with Gasteiger partial charge in [0.1, 0.15) is 11.9 Å². The van der Waals surface area contributed by atoms with Crippen molar-refractivity contribution >= 4 is 29.4 Å². The van der Waals surface area contributed by atoms with E-state index in [0.717, 1.165) is 42.7 Å². The summed E-state index contributed by atoms with van der Waals surface area (Å²) in [6.45, 7) is 4.42. The number of piperidine rings is 1. The van der Waals surface area contributed by atoms with Crippen LogP contribution in [-0.2, 0) is 5.75 Å². The van der Waals surface area contributed by atoms with E-state index in [0.29, 0.717) is 5.92 Å². The fourth-order valence-corrected chi connectivity index (χ4v) is 6.79. The number of benzene rings is 3. The van der Waals surface area contributed by atoms with Crippen molar-refractivity contribution in [3.63, 3.8) is 0 Å². The van der Waals surface area contributed by atoms with Crippen LogP contribution in [0.5, 0.6) is 5.75 Å². The number of ether oxygens (including phenoxy) is 1. The van der Waals surface area contributed by atoms with Crippen LogP contribution in [0, 0.1) is 0 Å². The van der Waals surface area contributed by atoms with E-state index in [1.165, 1.54) is 20.9 Å². The zero-order valence-electron chi connectivity index (χ0n) is 21.4. The zero-order valence-corrected chi connectivity index (χ0v) is 23.0. The molecular formula is C31H35NO2S2. The van der Waals surface area contributed by atoms with Crippen LogP contribution in [-0.4, -0.2) is 35.3 Å². The molecule has 2 atom stereocenters. The van der Waals surface area contributed by atoms with Crippen LogP contribution in [0.15, 0.2) is 82.6 Å². The third-order valence-electron chi connectivity index (χ3n) is 7.42. The first-order chi connectivity index (χ1) is 17.5. The highest BCUT2D eigenvalue weighted by molar-refractivity contribution is 7.99. The lowest BCUT2D eigenvalue weighted by Crippen LogP contribution is -2.49. The Morgan fingerprint density at radius 3 is 2.19 bits per heavy atom. The van der Waals surface area contributed by atoms with E-state index < -0.39 is 0 Å². The van der Waals surface area contributed by atoms with Gasteiger partial charge in [-0.3, -0.25) is 4.79 Å². The molecule has 0 saturated carbocycles.